The van der Waals surface area contributed by atoms with Crippen molar-refractivity contribution in [3.63, 3.8) is 0 Å². The van der Waals surface area contributed by atoms with E-state index in [1.165, 1.54) is 18.2 Å². The lowest BCUT2D eigenvalue weighted by molar-refractivity contribution is -0.131. The third-order valence-electron chi connectivity index (χ3n) is 2.90. The highest BCUT2D eigenvalue weighted by Crippen LogP contribution is 2.27. The van der Waals surface area contributed by atoms with Crippen molar-refractivity contribution in [3.05, 3.63) is 41.2 Å². The number of carbonyl (C=O) groups is 2. The quantitative estimate of drug-likeness (QED) is 0.799. The summed E-state index contributed by atoms with van der Waals surface area (Å²) >= 11 is 0. The van der Waals surface area contributed by atoms with Crippen LogP contribution in [0.2, 0.25) is 0 Å². The number of halogens is 1. The predicted molar refractivity (Wildman–Crippen MR) is 68.1 cm³/mol. The van der Waals surface area contributed by atoms with Crippen LogP contribution in [0.3, 0.4) is 0 Å². The zero-order valence-corrected chi connectivity index (χ0v) is 10.2. The van der Waals surface area contributed by atoms with Crippen molar-refractivity contribution in [2.24, 2.45) is 5.92 Å². The third kappa shape index (κ3) is 3.91. The molecule has 0 heterocycles. The van der Waals surface area contributed by atoms with Crippen molar-refractivity contribution in [3.8, 4) is 0 Å². The smallest absolute Gasteiger partial charge is 0.328 e. The van der Waals surface area contributed by atoms with Crippen molar-refractivity contribution >= 4 is 18.0 Å². The Bertz CT molecular complexity index is 535. The number of nitrogens with one attached hydrogen (secondary N) is 1. The van der Waals surface area contributed by atoms with Crippen molar-refractivity contribution in [1.82, 2.24) is 5.32 Å². The molecule has 1 amide bonds. The Hall–Kier alpha value is -2.17. The number of carboxylic acid groups (broad SMARTS) is 1. The fourth-order valence-corrected chi connectivity index (χ4v) is 1.64. The third-order valence-corrected chi connectivity index (χ3v) is 2.90. The van der Waals surface area contributed by atoms with Crippen molar-refractivity contribution in [2.75, 3.05) is 6.54 Å². The van der Waals surface area contributed by atoms with Gasteiger partial charge in [-0.3, -0.25) is 4.79 Å². The van der Waals surface area contributed by atoms with Gasteiger partial charge in [0.15, 0.2) is 0 Å². The molecule has 0 aromatic heterocycles. The minimum Gasteiger partial charge on any atom is -0.478 e. The summed E-state index contributed by atoms with van der Waals surface area (Å²) in [6, 6.07) is 3.93. The van der Waals surface area contributed by atoms with Gasteiger partial charge in [0.2, 0.25) is 0 Å². The fourth-order valence-electron chi connectivity index (χ4n) is 1.64. The van der Waals surface area contributed by atoms with Crippen molar-refractivity contribution in [2.45, 2.75) is 12.8 Å². The molecule has 0 bridgehead atoms. The molecule has 1 aromatic carbocycles. The lowest BCUT2D eigenvalue weighted by atomic mass is 10.1. The largest absolute Gasteiger partial charge is 0.478 e. The van der Waals surface area contributed by atoms with Crippen LogP contribution in [0.15, 0.2) is 24.3 Å². The molecule has 0 atom stereocenters. The van der Waals surface area contributed by atoms with E-state index in [0.717, 1.165) is 25.0 Å². The second-order valence-corrected chi connectivity index (χ2v) is 4.56. The van der Waals surface area contributed by atoms with Gasteiger partial charge in [-0.1, -0.05) is 6.07 Å². The highest BCUT2D eigenvalue weighted by atomic mass is 19.1. The fraction of sp³-hybridized carbons (Fsp3) is 0.286. The first-order valence-electron chi connectivity index (χ1n) is 6.05. The molecule has 0 radical (unpaired) electrons. The Morgan fingerprint density at radius 3 is 2.79 bits per heavy atom. The Morgan fingerprint density at radius 2 is 2.16 bits per heavy atom. The number of hydrogen-bond acceptors (Lipinski definition) is 2. The summed E-state index contributed by atoms with van der Waals surface area (Å²) < 4.78 is 13.6. The van der Waals surface area contributed by atoms with Crippen molar-refractivity contribution < 1.29 is 19.1 Å². The molecular weight excluding hydrogens is 249 g/mol. The molecule has 1 saturated carbocycles. The van der Waals surface area contributed by atoms with Gasteiger partial charge >= 0.3 is 5.97 Å². The van der Waals surface area contributed by atoms with Crippen LogP contribution in [0.1, 0.15) is 28.8 Å². The summed E-state index contributed by atoms with van der Waals surface area (Å²) in [7, 11) is 0. The first kappa shape index (κ1) is 13.3. The van der Waals surface area contributed by atoms with Crippen LogP contribution in [0.5, 0.6) is 0 Å². The molecule has 1 aliphatic rings. The van der Waals surface area contributed by atoms with E-state index in [1.54, 1.807) is 0 Å². The second-order valence-electron chi connectivity index (χ2n) is 4.56. The van der Waals surface area contributed by atoms with E-state index < -0.39 is 17.7 Å². The van der Waals surface area contributed by atoms with E-state index in [-0.39, 0.29) is 5.56 Å². The molecule has 1 aromatic rings. The first-order chi connectivity index (χ1) is 9.06. The minimum atomic E-state index is -1.09. The first-order valence-corrected chi connectivity index (χ1v) is 6.05. The molecule has 5 heteroatoms. The van der Waals surface area contributed by atoms with Crippen molar-refractivity contribution in [1.29, 1.82) is 0 Å². The van der Waals surface area contributed by atoms with Crippen LogP contribution in [-0.4, -0.2) is 23.5 Å². The highest BCUT2D eigenvalue weighted by Gasteiger charge is 2.22. The average molecular weight is 263 g/mol. The normalized spacial score (nSPS) is 14.6. The molecule has 19 heavy (non-hydrogen) atoms. The van der Waals surface area contributed by atoms with Gasteiger partial charge in [-0.2, -0.15) is 0 Å². The monoisotopic (exact) mass is 263 g/mol. The van der Waals surface area contributed by atoms with Crippen LogP contribution >= 0.6 is 0 Å². The lowest BCUT2D eigenvalue weighted by Gasteiger charge is -2.06. The van der Waals surface area contributed by atoms with Gasteiger partial charge in [0.1, 0.15) is 5.82 Å². The van der Waals surface area contributed by atoms with Gasteiger partial charge < -0.3 is 10.4 Å². The van der Waals surface area contributed by atoms with Crippen LogP contribution < -0.4 is 5.32 Å². The zero-order chi connectivity index (χ0) is 13.8. The van der Waals surface area contributed by atoms with Gasteiger partial charge in [-0.25, -0.2) is 9.18 Å². The van der Waals surface area contributed by atoms with E-state index in [0.29, 0.717) is 18.0 Å². The lowest BCUT2D eigenvalue weighted by Crippen LogP contribution is -2.26. The maximum Gasteiger partial charge on any atom is 0.328 e. The number of carbonyl (C=O) groups excluding carboxylic acids is 1. The van der Waals surface area contributed by atoms with E-state index in [2.05, 4.69) is 5.32 Å². The molecule has 1 fully saturated rings. The molecule has 100 valence electrons. The van der Waals surface area contributed by atoms with Gasteiger partial charge in [0.25, 0.3) is 5.91 Å². The Kier molecular flexibility index (Phi) is 3.94. The Balaban J connectivity index is 2.10. The average Bonchev–Trinajstić information content (AvgIpc) is 3.19. The molecule has 0 spiro atoms. The summed E-state index contributed by atoms with van der Waals surface area (Å²) in [6.45, 7) is 0.563. The molecule has 0 aliphatic heterocycles. The topological polar surface area (TPSA) is 66.4 Å². The maximum absolute atomic E-state index is 13.6. The van der Waals surface area contributed by atoms with Crippen LogP contribution in [-0.2, 0) is 4.79 Å². The zero-order valence-electron chi connectivity index (χ0n) is 10.2. The van der Waals surface area contributed by atoms with Crippen LogP contribution in [0.25, 0.3) is 6.08 Å². The van der Waals surface area contributed by atoms with Gasteiger partial charge in [0.05, 0.1) is 5.56 Å². The number of hydrogen-bond donors (Lipinski definition) is 2. The Morgan fingerprint density at radius 1 is 1.42 bits per heavy atom. The summed E-state index contributed by atoms with van der Waals surface area (Å²) in [5, 5.41) is 11.2. The number of rotatable bonds is 5. The number of amides is 1. The maximum atomic E-state index is 13.6. The second kappa shape index (κ2) is 5.65. The van der Waals surface area contributed by atoms with Crippen LogP contribution in [0.4, 0.5) is 4.39 Å². The molecule has 0 unspecified atom stereocenters. The van der Waals surface area contributed by atoms with E-state index in [1.807, 2.05) is 0 Å². The highest BCUT2D eigenvalue weighted by molar-refractivity contribution is 5.95. The minimum absolute atomic E-state index is 0.0619. The predicted octanol–water partition coefficient (Wildman–Crippen LogP) is 2.06. The molecule has 0 saturated heterocycles. The van der Waals surface area contributed by atoms with Gasteiger partial charge in [-0.05, 0) is 42.5 Å². The van der Waals surface area contributed by atoms with Gasteiger partial charge in [0, 0.05) is 12.6 Å². The Labute approximate surface area is 109 Å². The number of aliphatic carboxylic acids is 1. The summed E-state index contributed by atoms with van der Waals surface area (Å²) in [6.07, 6.45) is 4.47. The summed E-state index contributed by atoms with van der Waals surface area (Å²) in [4.78, 5) is 22.2. The SMILES string of the molecule is O=C(O)/C=C/c1ccc(F)c(C(=O)NCC2CC2)c1. The molecule has 4 nitrogen and oxygen atoms in total. The molecule has 1 aliphatic carbocycles. The summed E-state index contributed by atoms with van der Waals surface area (Å²) in [5.41, 5.74) is 0.411. The molecule has 2 N–H and O–H groups in total. The molecular formula is C14H14FNO3. The van der Waals surface area contributed by atoms with E-state index in [4.69, 9.17) is 5.11 Å². The molecule has 2 rings (SSSR count). The number of benzene rings is 1. The van der Waals surface area contributed by atoms with Crippen LogP contribution in [0, 0.1) is 11.7 Å². The number of carboxylic acids is 1. The summed E-state index contributed by atoms with van der Waals surface area (Å²) in [5.74, 6) is -1.65. The van der Waals surface area contributed by atoms with E-state index in [9.17, 15) is 14.0 Å². The van der Waals surface area contributed by atoms with Gasteiger partial charge in [-0.15, -0.1) is 0 Å². The van der Waals surface area contributed by atoms with E-state index >= 15 is 0 Å². The standard InChI is InChI=1S/C14H14FNO3/c15-12-5-3-9(4-6-13(17)18)7-11(12)14(19)16-8-10-1-2-10/h3-7,10H,1-2,8H2,(H,16,19)(H,17,18)/b6-4+.